The maximum Gasteiger partial charge on any atom is 0.322 e. The van der Waals surface area contributed by atoms with E-state index in [0.717, 1.165) is 13.0 Å². The average Bonchev–Trinajstić information content (AvgIpc) is 1.66. The van der Waals surface area contributed by atoms with Gasteiger partial charge in [-0.25, -0.2) is 0 Å². The smallest absolute Gasteiger partial charge is 0.322 e. The van der Waals surface area contributed by atoms with Crippen molar-refractivity contribution in [3.63, 3.8) is 0 Å². The summed E-state index contributed by atoms with van der Waals surface area (Å²) in [4.78, 5) is 304. The van der Waals surface area contributed by atoms with Crippen molar-refractivity contribution < 1.29 is 106 Å². The first kappa shape index (κ1) is 92.8. The molecule has 0 unspecified atom stereocenters. The van der Waals surface area contributed by atoms with Crippen LogP contribution in [0.25, 0.3) is 0 Å². The predicted octanol–water partition coefficient (Wildman–Crippen LogP) is -7.06. The summed E-state index contributed by atoms with van der Waals surface area (Å²) in [5.74, 6) is -12.0. The highest BCUT2D eigenvalue weighted by Crippen LogP contribution is 2.33. The number of likely N-dealkylation sites (tertiary alicyclic amines) is 12. The maximum atomic E-state index is 14.4. The molecule has 0 saturated carbocycles. The van der Waals surface area contributed by atoms with Crippen LogP contribution in [0.1, 0.15) is 167 Å². The molecule has 0 radical (unpaired) electrons. The first-order valence-corrected chi connectivity index (χ1v) is 45.7. The number of carbonyl (C=O) groups is 21. The molecule has 13 aliphatic heterocycles. The van der Waals surface area contributed by atoms with Crippen LogP contribution in [0.4, 0.5) is 0 Å². The van der Waals surface area contributed by atoms with Crippen molar-refractivity contribution in [2.45, 2.75) is 252 Å². The molecule has 44 heteroatoms. The number of aliphatic carboxylic acids is 1. The Hall–Kier alpha value is -10.8. The third-order valence-electron chi connectivity index (χ3n) is 27.3. The lowest BCUT2D eigenvalue weighted by molar-refractivity contribution is -0.148. The van der Waals surface area contributed by atoms with E-state index in [1.54, 1.807) is 4.90 Å². The number of carbonyl (C=O) groups excluding carboxylic acids is 20. The fourth-order valence-electron chi connectivity index (χ4n) is 20.9. The summed E-state index contributed by atoms with van der Waals surface area (Å²) >= 11 is 4.10. The van der Waals surface area contributed by atoms with Gasteiger partial charge in [-0.1, -0.05) is 0 Å². The van der Waals surface area contributed by atoms with Crippen molar-refractivity contribution in [2.75, 3.05) is 137 Å². The Kier molecular flexibility index (Phi) is 31.1. The van der Waals surface area contributed by atoms with Crippen molar-refractivity contribution >= 4 is 137 Å². The van der Waals surface area contributed by atoms with Gasteiger partial charge in [0.1, 0.15) is 85.1 Å². The Morgan fingerprint density at radius 3 is 0.675 bits per heavy atom. The zero-order valence-electron chi connectivity index (χ0n) is 71.2. The Bertz CT molecular complexity index is 4220. The van der Waals surface area contributed by atoms with Gasteiger partial charge in [-0.05, 0) is 173 Å². The van der Waals surface area contributed by atoms with Crippen LogP contribution in [0.2, 0.25) is 0 Å². The number of carboxylic acid groups (broad SMARTS) is 1. The second-order valence-corrected chi connectivity index (χ2v) is 35.3. The van der Waals surface area contributed by atoms with Gasteiger partial charge in [0.25, 0.3) is 0 Å². The fraction of sp³-hybridized carbons (Fsp3) is 0.744. The topological polar surface area (TPSA) is 526 Å². The van der Waals surface area contributed by atoms with Crippen LogP contribution < -0.4 is 47.9 Å². The number of rotatable bonds is 30. The van der Waals surface area contributed by atoms with Crippen molar-refractivity contribution in [1.82, 2.24) is 107 Å². The number of hydrogen-bond acceptors (Lipinski definition) is 23. The molecular formula is C82H119N21O22S. The minimum absolute atomic E-state index is 0.123. The number of hydrogen-bond donors (Lipinski definition) is 11. The zero-order chi connectivity index (χ0) is 89.7. The third kappa shape index (κ3) is 20.9. The lowest BCUT2D eigenvalue weighted by atomic mass is 10.1. The van der Waals surface area contributed by atoms with Crippen LogP contribution in [-0.2, 0) is 101 Å². The predicted molar refractivity (Wildman–Crippen MR) is 442 cm³/mol. The standard InChI is InChI=1S/C82H119N21O22S/c104-62(92-28-2-21-56(92)76(119)91-49(47-126)69(112)90-46-68(110)111)40-84-71(114)51-16-4-35-99(51)78(121)58-23-10-30-94(58)64(106)42-86-73(116)53-18-6-37-101(53)80(123)60-25-12-32-96(60)66(108)44-88-75(118)55-20-8-39-103(55)82(125)61-26-13-33-97(61)67(109)45-89-74(117)54-19-7-38-102(54)81(124)59-24-11-31-95(59)65(107)43-87-72(115)52-17-5-36-100(52)79(122)57-22-9-29-93(57)63(105)41-85-70(113)50-15-3-34-98(50)77(120)48-14-1-27-83-48/h48-61,83,126H,1-47H2,(H,84,114)(H,85,113)(H,86,116)(H,87,115)(H,88,118)(H,89,117)(H,90,112)(H,91,119)(H,110,111)/t48-,49-,50-,51-,52-,53-,54-,55-,56-,57-,58-,59-,60-,61-/m0/s1. The van der Waals surface area contributed by atoms with Gasteiger partial charge in [-0.15, -0.1) is 0 Å². The largest absolute Gasteiger partial charge is 0.480 e. The highest BCUT2D eigenvalue weighted by molar-refractivity contribution is 7.80. The summed E-state index contributed by atoms with van der Waals surface area (Å²) < 4.78 is 0. The summed E-state index contributed by atoms with van der Waals surface area (Å²) in [7, 11) is 0. The van der Waals surface area contributed by atoms with E-state index in [0.29, 0.717) is 116 Å². The molecule has 13 rings (SSSR count). The van der Waals surface area contributed by atoms with Gasteiger partial charge >= 0.3 is 5.97 Å². The molecule has 43 nitrogen and oxygen atoms in total. The fourth-order valence-corrected chi connectivity index (χ4v) is 21.1. The highest BCUT2D eigenvalue weighted by Gasteiger charge is 2.51. The molecule has 0 aromatic heterocycles. The summed E-state index contributed by atoms with van der Waals surface area (Å²) in [5, 5.41) is 32.8. The van der Waals surface area contributed by atoms with Gasteiger partial charge in [-0.3, -0.25) is 101 Å². The maximum absolute atomic E-state index is 14.4. The van der Waals surface area contributed by atoms with Crippen molar-refractivity contribution in [3.05, 3.63) is 0 Å². The van der Waals surface area contributed by atoms with E-state index in [2.05, 4.69) is 60.5 Å². The minimum atomic E-state index is -1.29. The van der Waals surface area contributed by atoms with Crippen molar-refractivity contribution in [1.29, 1.82) is 0 Å². The van der Waals surface area contributed by atoms with E-state index in [-0.39, 0.29) is 148 Å². The number of carboxylic acids is 1. The Morgan fingerprint density at radius 1 is 0.254 bits per heavy atom. The average molecular weight is 1780 g/mol. The summed E-state index contributed by atoms with van der Waals surface area (Å²) in [5.41, 5.74) is 0. The minimum Gasteiger partial charge on any atom is -0.480 e. The van der Waals surface area contributed by atoms with E-state index in [1.807, 2.05) is 0 Å². The molecule has 13 heterocycles. The van der Waals surface area contributed by atoms with Crippen LogP contribution in [0.5, 0.6) is 0 Å². The normalized spacial score (nSPS) is 27.3. The van der Waals surface area contributed by atoms with Crippen LogP contribution in [0.3, 0.4) is 0 Å². The van der Waals surface area contributed by atoms with Gasteiger partial charge in [0, 0.05) is 84.3 Å². The molecule has 126 heavy (non-hydrogen) atoms. The molecule has 13 aliphatic rings. The number of nitrogens with one attached hydrogen (secondary N) is 9. The van der Waals surface area contributed by atoms with Crippen molar-refractivity contribution in [3.8, 4) is 0 Å². The van der Waals surface area contributed by atoms with E-state index in [4.69, 9.17) is 5.11 Å². The summed E-state index contributed by atoms with van der Waals surface area (Å²) in [6.07, 6.45) is 10.9. The second kappa shape index (κ2) is 42.2. The molecule has 10 N–H and O–H groups in total. The van der Waals surface area contributed by atoms with E-state index in [1.165, 1.54) is 53.9 Å². The van der Waals surface area contributed by atoms with E-state index >= 15 is 0 Å². The molecule has 0 bridgehead atoms. The quantitative estimate of drug-likeness (QED) is 0.0298. The molecule has 13 saturated heterocycles. The monoisotopic (exact) mass is 1780 g/mol. The highest BCUT2D eigenvalue weighted by atomic mass is 32.1. The Morgan fingerprint density at radius 2 is 0.460 bits per heavy atom. The molecule has 0 aromatic carbocycles. The SMILES string of the molecule is O=C(O)CNC(=O)[C@H](CS)NC(=O)[C@@H]1CCCN1C(=O)CNC(=O)[C@@H]1CCCN1C(=O)[C@@H]1CCCN1C(=O)CNC(=O)[C@@H]1CCCN1C(=O)[C@@H]1CCCN1C(=O)CNC(=O)[C@@H]1CCCN1C(=O)[C@@H]1CCCN1C(=O)CNC(=O)[C@@H]1CCCN1C(=O)[C@@H]1CCCN1C(=O)CNC(=O)[C@@H]1CCCN1C(=O)[C@@H]1CCCN1C(=O)CNC(=O)[C@@H]1CCCN1C(=O)[C@@H]1CCCN1. The summed E-state index contributed by atoms with van der Waals surface area (Å²) in [6, 6.07) is -12.8. The van der Waals surface area contributed by atoms with Gasteiger partial charge in [0.15, 0.2) is 0 Å². The lowest BCUT2D eigenvalue weighted by Gasteiger charge is -2.32. The van der Waals surface area contributed by atoms with Crippen LogP contribution in [0, 0.1) is 0 Å². The number of thiol groups is 1. The summed E-state index contributed by atoms with van der Waals surface area (Å²) in [6.45, 7) is -0.156. The molecule has 0 aliphatic carbocycles. The molecule has 13 fully saturated rings. The van der Waals surface area contributed by atoms with Crippen LogP contribution in [0.15, 0.2) is 0 Å². The Labute approximate surface area is 734 Å². The third-order valence-corrected chi connectivity index (χ3v) is 27.6. The first-order valence-electron chi connectivity index (χ1n) is 45.0. The first-order chi connectivity index (χ1) is 60.6. The van der Waals surface area contributed by atoms with E-state index < -0.39 is 236 Å². The zero-order valence-corrected chi connectivity index (χ0v) is 72.0. The number of amides is 20. The Balaban J connectivity index is 0.517. The lowest BCUT2D eigenvalue weighted by Crippen LogP contribution is -2.57. The molecule has 0 spiro atoms. The van der Waals surface area contributed by atoms with Crippen LogP contribution >= 0.6 is 12.6 Å². The number of nitrogens with zero attached hydrogens (tertiary/aromatic N) is 12. The molecule has 0 aromatic rings. The van der Waals surface area contributed by atoms with Gasteiger partial charge < -0.3 is 112 Å². The van der Waals surface area contributed by atoms with Gasteiger partial charge in [0.2, 0.25) is 118 Å². The van der Waals surface area contributed by atoms with E-state index in [9.17, 15) is 101 Å². The van der Waals surface area contributed by atoms with Gasteiger partial charge in [-0.2, -0.15) is 12.6 Å². The second-order valence-electron chi connectivity index (χ2n) is 34.9. The van der Waals surface area contributed by atoms with Crippen molar-refractivity contribution in [2.24, 2.45) is 0 Å². The van der Waals surface area contributed by atoms with Crippen LogP contribution in [-0.4, -0.2) is 409 Å². The molecule has 20 amide bonds. The molecule has 14 atom stereocenters. The van der Waals surface area contributed by atoms with Gasteiger partial charge in [0.05, 0.1) is 45.3 Å². The molecular weight excluding hydrogens is 1660 g/mol. The molecule has 690 valence electrons.